The van der Waals surface area contributed by atoms with E-state index >= 15 is 0 Å². The van der Waals surface area contributed by atoms with Gasteiger partial charge in [-0.1, -0.05) is 35.9 Å². The SMILES string of the molecule is Cc1ccc(C(=O)CCC(=O)Nc2nc(-c3cccs3)cs2)cc1. The molecule has 3 aromatic rings. The van der Waals surface area contributed by atoms with Crippen LogP contribution in [0.2, 0.25) is 0 Å². The molecule has 0 aliphatic heterocycles. The summed E-state index contributed by atoms with van der Waals surface area (Å²) in [5, 5.41) is 7.23. The molecule has 0 spiro atoms. The molecule has 24 heavy (non-hydrogen) atoms. The van der Waals surface area contributed by atoms with Gasteiger partial charge in [0.2, 0.25) is 5.91 Å². The molecule has 122 valence electrons. The lowest BCUT2D eigenvalue weighted by molar-refractivity contribution is -0.116. The van der Waals surface area contributed by atoms with Crippen molar-refractivity contribution in [3.8, 4) is 10.6 Å². The second-order valence-corrected chi connectivity index (χ2v) is 7.16. The van der Waals surface area contributed by atoms with Crippen LogP contribution in [0.15, 0.2) is 47.2 Å². The minimum atomic E-state index is -0.192. The highest BCUT2D eigenvalue weighted by Crippen LogP contribution is 2.28. The summed E-state index contributed by atoms with van der Waals surface area (Å²) in [5.74, 6) is -0.217. The molecule has 0 saturated heterocycles. The van der Waals surface area contributed by atoms with Crippen molar-refractivity contribution in [1.29, 1.82) is 0 Å². The molecule has 0 atom stereocenters. The number of ketones is 1. The van der Waals surface area contributed by atoms with Gasteiger partial charge in [-0.15, -0.1) is 22.7 Å². The quantitative estimate of drug-likeness (QED) is 0.647. The summed E-state index contributed by atoms with van der Waals surface area (Å²) < 4.78 is 0. The maximum Gasteiger partial charge on any atom is 0.226 e. The molecule has 1 amide bonds. The second kappa shape index (κ2) is 7.51. The molecular weight excluding hydrogens is 340 g/mol. The van der Waals surface area contributed by atoms with Crippen LogP contribution in [0.5, 0.6) is 0 Å². The van der Waals surface area contributed by atoms with Gasteiger partial charge in [-0.2, -0.15) is 0 Å². The van der Waals surface area contributed by atoms with E-state index in [4.69, 9.17) is 0 Å². The van der Waals surface area contributed by atoms with Gasteiger partial charge in [0.05, 0.1) is 10.6 Å². The van der Waals surface area contributed by atoms with Gasteiger partial charge in [-0.25, -0.2) is 4.98 Å². The van der Waals surface area contributed by atoms with Crippen LogP contribution in [0, 0.1) is 6.92 Å². The summed E-state index contributed by atoms with van der Waals surface area (Å²) in [5.41, 5.74) is 2.61. The Kier molecular flexibility index (Phi) is 5.17. The van der Waals surface area contributed by atoms with Crippen molar-refractivity contribution in [2.75, 3.05) is 5.32 Å². The van der Waals surface area contributed by atoms with Crippen LogP contribution in [0.25, 0.3) is 10.6 Å². The molecule has 0 unspecified atom stereocenters. The standard InChI is InChI=1S/C18H16N2O2S2/c1-12-4-6-13(7-5-12)15(21)8-9-17(22)20-18-19-14(11-24-18)16-3-2-10-23-16/h2-7,10-11H,8-9H2,1H3,(H,19,20,22). The predicted molar refractivity (Wildman–Crippen MR) is 98.8 cm³/mol. The third-order valence-corrected chi connectivity index (χ3v) is 5.13. The lowest BCUT2D eigenvalue weighted by Crippen LogP contribution is -2.13. The summed E-state index contributed by atoms with van der Waals surface area (Å²) in [6.07, 6.45) is 0.346. The molecule has 0 saturated carbocycles. The van der Waals surface area contributed by atoms with Gasteiger partial charge in [0.25, 0.3) is 0 Å². The Morgan fingerprint density at radius 3 is 2.58 bits per heavy atom. The van der Waals surface area contributed by atoms with Crippen LogP contribution in [0.4, 0.5) is 5.13 Å². The molecule has 2 aromatic heterocycles. The van der Waals surface area contributed by atoms with Crippen molar-refractivity contribution in [3.63, 3.8) is 0 Å². The van der Waals surface area contributed by atoms with Crippen LogP contribution >= 0.6 is 22.7 Å². The van der Waals surface area contributed by atoms with Gasteiger partial charge in [0, 0.05) is 23.8 Å². The Labute approximate surface area is 148 Å². The number of benzene rings is 1. The number of carbonyl (C=O) groups is 2. The van der Waals surface area contributed by atoms with Crippen LogP contribution in [-0.4, -0.2) is 16.7 Å². The number of nitrogens with one attached hydrogen (secondary N) is 1. The van der Waals surface area contributed by atoms with Crippen LogP contribution in [0.3, 0.4) is 0 Å². The van der Waals surface area contributed by atoms with E-state index in [1.807, 2.05) is 41.9 Å². The Balaban J connectivity index is 1.52. The maximum atomic E-state index is 12.1. The van der Waals surface area contributed by atoms with E-state index in [1.165, 1.54) is 11.3 Å². The number of aryl methyl sites for hydroxylation is 1. The molecule has 6 heteroatoms. The van der Waals surface area contributed by atoms with E-state index in [2.05, 4.69) is 10.3 Å². The number of hydrogen-bond acceptors (Lipinski definition) is 5. The third kappa shape index (κ3) is 4.15. The number of nitrogens with zero attached hydrogens (tertiary/aromatic N) is 1. The van der Waals surface area contributed by atoms with E-state index in [9.17, 15) is 9.59 Å². The fraction of sp³-hybridized carbons (Fsp3) is 0.167. The van der Waals surface area contributed by atoms with Gasteiger partial charge >= 0.3 is 0 Å². The molecule has 2 heterocycles. The summed E-state index contributed by atoms with van der Waals surface area (Å²) in [4.78, 5) is 29.6. The van der Waals surface area contributed by atoms with Crippen molar-refractivity contribution in [1.82, 2.24) is 4.98 Å². The van der Waals surface area contributed by atoms with Gasteiger partial charge in [0.1, 0.15) is 0 Å². The van der Waals surface area contributed by atoms with Crippen molar-refractivity contribution in [2.24, 2.45) is 0 Å². The zero-order valence-corrected chi connectivity index (χ0v) is 14.7. The zero-order valence-electron chi connectivity index (χ0n) is 13.1. The average molecular weight is 356 g/mol. The maximum absolute atomic E-state index is 12.1. The molecule has 0 aliphatic rings. The summed E-state index contributed by atoms with van der Waals surface area (Å²) >= 11 is 2.99. The Morgan fingerprint density at radius 2 is 1.88 bits per heavy atom. The minimum Gasteiger partial charge on any atom is -0.302 e. The third-order valence-electron chi connectivity index (χ3n) is 3.48. The van der Waals surface area contributed by atoms with E-state index in [0.717, 1.165) is 16.1 Å². The number of hydrogen-bond donors (Lipinski definition) is 1. The first-order valence-corrected chi connectivity index (χ1v) is 9.27. The van der Waals surface area contributed by atoms with Gasteiger partial charge < -0.3 is 5.32 Å². The predicted octanol–water partition coefficient (Wildman–Crippen LogP) is 4.78. The highest BCUT2D eigenvalue weighted by atomic mass is 32.1. The first-order chi connectivity index (χ1) is 11.6. The molecular formula is C18H16N2O2S2. The fourth-order valence-electron chi connectivity index (χ4n) is 2.16. The number of aromatic nitrogens is 1. The van der Waals surface area contributed by atoms with Crippen LogP contribution in [-0.2, 0) is 4.79 Å². The number of carbonyl (C=O) groups excluding carboxylic acids is 2. The van der Waals surface area contributed by atoms with E-state index in [0.29, 0.717) is 10.7 Å². The number of amides is 1. The molecule has 3 rings (SSSR count). The van der Waals surface area contributed by atoms with Gasteiger partial charge in [0.15, 0.2) is 10.9 Å². The Bertz CT molecular complexity index is 836. The molecule has 1 aromatic carbocycles. The van der Waals surface area contributed by atoms with Crippen LogP contribution < -0.4 is 5.32 Å². The highest BCUT2D eigenvalue weighted by molar-refractivity contribution is 7.16. The fourth-order valence-corrected chi connectivity index (χ4v) is 3.65. The number of anilines is 1. The monoisotopic (exact) mass is 356 g/mol. The minimum absolute atomic E-state index is 0.0245. The molecule has 1 N–H and O–H groups in total. The molecule has 0 radical (unpaired) electrons. The molecule has 0 aliphatic carbocycles. The molecule has 0 bridgehead atoms. The Hall–Kier alpha value is -2.31. The zero-order chi connectivity index (χ0) is 16.9. The first-order valence-electron chi connectivity index (χ1n) is 7.51. The summed E-state index contributed by atoms with van der Waals surface area (Å²) in [7, 11) is 0. The number of thiazole rings is 1. The number of thiophene rings is 1. The molecule has 0 fully saturated rings. The van der Waals surface area contributed by atoms with Crippen LogP contribution in [0.1, 0.15) is 28.8 Å². The normalized spacial score (nSPS) is 10.5. The Morgan fingerprint density at radius 1 is 1.08 bits per heavy atom. The van der Waals surface area contributed by atoms with Crippen molar-refractivity contribution >= 4 is 39.5 Å². The number of Topliss-reactive ketones (excluding diaryl/α,β-unsaturated/α-hetero) is 1. The molecule has 4 nitrogen and oxygen atoms in total. The van der Waals surface area contributed by atoms with Crippen molar-refractivity contribution in [2.45, 2.75) is 19.8 Å². The summed E-state index contributed by atoms with van der Waals surface area (Å²) in [6, 6.07) is 11.3. The second-order valence-electron chi connectivity index (χ2n) is 5.35. The smallest absolute Gasteiger partial charge is 0.226 e. The number of rotatable bonds is 6. The lowest BCUT2D eigenvalue weighted by Gasteiger charge is -2.02. The van der Waals surface area contributed by atoms with Gasteiger partial charge in [-0.3, -0.25) is 9.59 Å². The summed E-state index contributed by atoms with van der Waals surface area (Å²) in [6.45, 7) is 1.97. The van der Waals surface area contributed by atoms with E-state index in [-0.39, 0.29) is 24.5 Å². The lowest BCUT2D eigenvalue weighted by atomic mass is 10.1. The first kappa shape index (κ1) is 16.5. The average Bonchev–Trinajstić information content (AvgIpc) is 3.24. The topological polar surface area (TPSA) is 59.1 Å². The highest BCUT2D eigenvalue weighted by Gasteiger charge is 2.12. The van der Waals surface area contributed by atoms with Crippen molar-refractivity contribution in [3.05, 3.63) is 58.3 Å². The van der Waals surface area contributed by atoms with E-state index < -0.39 is 0 Å². The van der Waals surface area contributed by atoms with E-state index in [1.54, 1.807) is 23.5 Å². The van der Waals surface area contributed by atoms with Crippen molar-refractivity contribution < 1.29 is 9.59 Å². The van der Waals surface area contributed by atoms with Gasteiger partial charge in [-0.05, 0) is 18.4 Å². The largest absolute Gasteiger partial charge is 0.302 e.